The summed E-state index contributed by atoms with van der Waals surface area (Å²) in [5.74, 6) is 0. The molecular weight excluding hydrogens is 489 g/mol. The van der Waals surface area contributed by atoms with E-state index in [0.29, 0.717) is 57.9 Å². The van der Waals surface area contributed by atoms with Gasteiger partial charge in [0.1, 0.15) is 6.10 Å². The summed E-state index contributed by atoms with van der Waals surface area (Å²) < 4.78 is 40.0. The Balaban J connectivity index is 4.93. The van der Waals surface area contributed by atoms with Crippen molar-refractivity contribution in [3.63, 3.8) is 0 Å². The molecule has 218 valence electrons. The molecule has 0 aromatic heterocycles. The fraction of sp³-hybridized carbons (Fsp3) is 1.00. The highest BCUT2D eigenvalue weighted by Gasteiger charge is 2.30. The molecule has 0 spiro atoms. The molecule has 11 heteroatoms. The van der Waals surface area contributed by atoms with Gasteiger partial charge in [-0.3, -0.25) is 4.57 Å². The summed E-state index contributed by atoms with van der Waals surface area (Å²) in [7, 11) is 0.532. The minimum Gasteiger partial charge on any atom is -0.392 e. The van der Waals surface area contributed by atoms with Gasteiger partial charge in [-0.1, -0.05) is 20.8 Å². The highest BCUT2D eigenvalue weighted by Crippen LogP contribution is 2.45. The van der Waals surface area contributed by atoms with E-state index in [-0.39, 0.29) is 32.0 Å². The minimum atomic E-state index is -2.69. The van der Waals surface area contributed by atoms with E-state index < -0.39 is 31.1 Å². The van der Waals surface area contributed by atoms with Gasteiger partial charge in [-0.25, -0.2) is 0 Å². The normalized spacial score (nSPS) is 18.4. The van der Waals surface area contributed by atoms with Crippen molar-refractivity contribution in [2.24, 2.45) is 5.41 Å². The molecule has 0 bridgehead atoms. The van der Waals surface area contributed by atoms with Crippen molar-refractivity contribution in [2.45, 2.75) is 84.4 Å². The largest absolute Gasteiger partial charge is 0.392 e. The van der Waals surface area contributed by atoms with E-state index in [4.69, 9.17) is 23.5 Å². The van der Waals surface area contributed by atoms with Crippen LogP contribution in [-0.4, -0.2) is 119 Å². The predicted molar refractivity (Wildman–Crippen MR) is 142 cm³/mol. The van der Waals surface area contributed by atoms with E-state index in [1.54, 1.807) is 14.2 Å². The standard InChI is InChI=1S/C25H54NO9P/c1-8-25(17-26-13-22(27)11-20(4)31-6,18-33-14-23(28)12-21(5)32-7)19-34-15-24(29)16-35-36(30,9-2)10-3/h20-24,26-29H,8-19H2,1-7H3. The molecule has 0 aliphatic rings. The summed E-state index contributed by atoms with van der Waals surface area (Å²) in [6.07, 6.45) is 0.363. The van der Waals surface area contributed by atoms with Gasteiger partial charge in [-0.2, -0.15) is 0 Å². The fourth-order valence-corrected chi connectivity index (χ4v) is 4.84. The van der Waals surface area contributed by atoms with Gasteiger partial charge in [0.25, 0.3) is 0 Å². The third-order valence-electron chi connectivity index (χ3n) is 6.55. The zero-order valence-electron chi connectivity index (χ0n) is 23.6. The van der Waals surface area contributed by atoms with Crippen LogP contribution in [0.4, 0.5) is 0 Å². The molecule has 0 heterocycles. The maximum atomic E-state index is 12.4. The highest BCUT2D eigenvalue weighted by atomic mass is 31.2. The topological polar surface area (TPSA) is 136 Å². The second-order valence-corrected chi connectivity index (χ2v) is 12.9. The molecule has 10 nitrogen and oxygen atoms in total. The van der Waals surface area contributed by atoms with Gasteiger partial charge in [0.2, 0.25) is 7.37 Å². The third-order valence-corrected chi connectivity index (χ3v) is 9.09. The van der Waals surface area contributed by atoms with E-state index in [9.17, 15) is 19.9 Å². The van der Waals surface area contributed by atoms with Gasteiger partial charge in [0.15, 0.2) is 0 Å². The van der Waals surface area contributed by atoms with Gasteiger partial charge < -0.3 is 44.1 Å². The highest BCUT2D eigenvalue weighted by molar-refractivity contribution is 7.58. The smallest absolute Gasteiger partial charge is 0.202 e. The maximum Gasteiger partial charge on any atom is 0.202 e. The van der Waals surface area contributed by atoms with Crippen LogP contribution in [0.5, 0.6) is 0 Å². The van der Waals surface area contributed by atoms with Crippen molar-refractivity contribution >= 4 is 7.37 Å². The van der Waals surface area contributed by atoms with Crippen molar-refractivity contribution < 1.29 is 43.4 Å². The Morgan fingerprint density at radius 1 is 0.806 bits per heavy atom. The van der Waals surface area contributed by atoms with E-state index in [0.717, 1.165) is 0 Å². The molecule has 0 aliphatic heterocycles. The second kappa shape index (κ2) is 19.9. The molecule has 36 heavy (non-hydrogen) atoms. The number of hydrogen-bond acceptors (Lipinski definition) is 10. The SMILES string of the molecule is CCC(CNCC(O)CC(C)OC)(COCC(O)COP(=O)(CC)CC)COCC(O)CC(C)OC. The van der Waals surface area contributed by atoms with Crippen molar-refractivity contribution in [2.75, 3.05) is 72.7 Å². The number of aliphatic hydroxyl groups is 3. The lowest BCUT2D eigenvalue weighted by Gasteiger charge is -2.34. The van der Waals surface area contributed by atoms with Gasteiger partial charge in [-0.05, 0) is 20.3 Å². The molecule has 6 unspecified atom stereocenters. The molecule has 0 aliphatic carbocycles. The summed E-state index contributed by atoms with van der Waals surface area (Å²) in [6.45, 7) is 11.2. The summed E-state index contributed by atoms with van der Waals surface area (Å²) in [4.78, 5) is 0. The van der Waals surface area contributed by atoms with Crippen LogP contribution in [0.3, 0.4) is 0 Å². The summed E-state index contributed by atoms with van der Waals surface area (Å²) in [5.41, 5.74) is -0.443. The van der Waals surface area contributed by atoms with Crippen molar-refractivity contribution in [3.8, 4) is 0 Å². The van der Waals surface area contributed by atoms with Crippen LogP contribution < -0.4 is 5.32 Å². The van der Waals surface area contributed by atoms with Crippen LogP contribution in [0.15, 0.2) is 0 Å². The number of methoxy groups -OCH3 is 2. The third kappa shape index (κ3) is 16.0. The molecule has 4 N–H and O–H groups in total. The number of aliphatic hydroxyl groups excluding tert-OH is 3. The van der Waals surface area contributed by atoms with Crippen LogP contribution >= 0.6 is 7.37 Å². The Morgan fingerprint density at radius 3 is 1.78 bits per heavy atom. The van der Waals surface area contributed by atoms with E-state index in [1.165, 1.54) is 0 Å². The second-order valence-electron chi connectivity index (χ2n) is 9.78. The van der Waals surface area contributed by atoms with Crippen molar-refractivity contribution in [1.82, 2.24) is 5.32 Å². The first kappa shape index (κ1) is 35.9. The summed E-state index contributed by atoms with van der Waals surface area (Å²) >= 11 is 0. The molecular formula is C25H54NO9P. The molecule has 0 radical (unpaired) electrons. The van der Waals surface area contributed by atoms with E-state index >= 15 is 0 Å². The number of hydrogen-bond donors (Lipinski definition) is 4. The molecule has 0 amide bonds. The summed E-state index contributed by atoms with van der Waals surface area (Å²) in [6, 6.07) is 0. The Bertz CT molecular complexity index is 552. The first-order chi connectivity index (χ1) is 17.0. The maximum absolute atomic E-state index is 12.4. The first-order valence-corrected chi connectivity index (χ1v) is 15.2. The molecule has 0 fully saturated rings. The lowest BCUT2D eigenvalue weighted by atomic mass is 9.86. The van der Waals surface area contributed by atoms with E-state index in [1.807, 2.05) is 34.6 Å². The van der Waals surface area contributed by atoms with Gasteiger partial charge >= 0.3 is 0 Å². The van der Waals surface area contributed by atoms with E-state index in [2.05, 4.69) is 5.32 Å². The Hall–Kier alpha value is -0.130. The predicted octanol–water partition coefficient (Wildman–Crippen LogP) is 2.27. The van der Waals surface area contributed by atoms with Crippen LogP contribution in [0.2, 0.25) is 0 Å². The Kier molecular flexibility index (Phi) is 19.8. The molecule has 0 saturated heterocycles. The van der Waals surface area contributed by atoms with Gasteiger partial charge in [-0.15, -0.1) is 0 Å². The Morgan fingerprint density at radius 2 is 1.31 bits per heavy atom. The average Bonchev–Trinajstić information content (AvgIpc) is 2.86. The molecule has 0 aromatic carbocycles. The zero-order valence-corrected chi connectivity index (χ0v) is 24.5. The Labute approximate surface area is 218 Å². The fourth-order valence-electron chi connectivity index (χ4n) is 3.59. The van der Waals surface area contributed by atoms with Gasteiger partial charge in [0, 0.05) is 57.9 Å². The monoisotopic (exact) mass is 543 g/mol. The van der Waals surface area contributed by atoms with Crippen LogP contribution in [0.1, 0.15) is 53.9 Å². The van der Waals surface area contributed by atoms with Gasteiger partial charge in [0.05, 0.1) is 57.5 Å². The minimum absolute atomic E-state index is 0.0388. The molecule has 6 atom stereocenters. The summed E-state index contributed by atoms with van der Waals surface area (Å²) in [5, 5.41) is 34.1. The molecule has 0 saturated carbocycles. The number of ether oxygens (including phenoxy) is 4. The quantitative estimate of drug-likeness (QED) is 0.134. The molecule has 0 rings (SSSR count). The van der Waals surface area contributed by atoms with Crippen LogP contribution in [0, 0.1) is 5.41 Å². The zero-order chi connectivity index (χ0) is 27.6. The van der Waals surface area contributed by atoms with Crippen molar-refractivity contribution in [1.29, 1.82) is 0 Å². The van der Waals surface area contributed by atoms with Crippen LogP contribution in [0.25, 0.3) is 0 Å². The van der Waals surface area contributed by atoms with Crippen molar-refractivity contribution in [3.05, 3.63) is 0 Å². The first-order valence-electron chi connectivity index (χ1n) is 13.2. The lowest BCUT2D eigenvalue weighted by molar-refractivity contribution is -0.0693. The lowest BCUT2D eigenvalue weighted by Crippen LogP contribution is -2.45. The number of nitrogens with one attached hydrogen (secondary N) is 1. The average molecular weight is 544 g/mol. The molecule has 0 aromatic rings. The van der Waals surface area contributed by atoms with Crippen LogP contribution in [-0.2, 0) is 28.0 Å². The number of rotatable bonds is 24.